The number of aliphatic carboxylic acids is 1. The van der Waals surface area contributed by atoms with Crippen molar-refractivity contribution in [2.45, 2.75) is 52.0 Å². The number of sulfone groups is 1. The lowest BCUT2D eigenvalue weighted by Gasteiger charge is -2.28. The van der Waals surface area contributed by atoms with E-state index in [2.05, 4.69) is 41.7 Å². The fourth-order valence-corrected chi connectivity index (χ4v) is 5.94. The first-order chi connectivity index (χ1) is 18.0. The summed E-state index contributed by atoms with van der Waals surface area (Å²) in [5, 5.41) is 13.2. The molecular weight excluding hydrogens is 522 g/mol. The molecule has 6 nitrogen and oxygen atoms in total. The van der Waals surface area contributed by atoms with Gasteiger partial charge in [-0.1, -0.05) is 41.9 Å². The van der Waals surface area contributed by atoms with Gasteiger partial charge in [0.15, 0.2) is 0 Å². The van der Waals surface area contributed by atoms with Gasteiger partial charge in [-0.15, -0.1) is 0 Å². The van der Waals surface area contributed by atoms with Crippen LogP contribution in [0.5, 0.6) is 5.75 Å². The molecule has 1 heterocycles. The van der Waals surface area contributed by atoms with E-state index >= 15 is 0 Å². The van der Waals surface area contributed by atoms with Crippen molar-refractivity contribution in [3.63, 3.8) is 0 Å². The van der Waals surface area contributed by atoms with Crippen molar-refractivity contribution in [2.24, 2.45) is 0 Å². The van der Waals surface area contributed by atoms with Gasteiger partial charge < -0.3 is 15.2 Å². The van der Waals surface area contributed by atoms with Crippen LogP contribution in [0.2, 0.25) is 5.02 Å². The van der Waals surface area contributed by atoms with Gasteiger partial charge >= 0.3 is 5.97 Å². The smallest absolute Gasteiger partial charge is 0.303 e. The van der Waals surface area contributed by atoms with Gasteiger partial charge in [0, 0.05) is 18.4 Å². The topological polar surface area (TPSA) is 92.7 Å². The number of fused-ring (bicyclic) bond motifs is 1. The highest BCUT2D eigenvalue weighted by atomic mass is 35.5. The number of anilines is 1. The Morgan fingerprint density at radius 3 is 2.68 bits per heavy atom. The zero-order chi connectivity index (χ0) is 27.4. The van der Waals surface area contributed by atoms with Crippen LogP contribution in [0.25, 0.3) is 11.1 Å². The van der Waals surface area contributed by atoms with Crippen molar-refractivity contribution in [1.29, 1.82) is 0 Å². The maximum Gasteiger partial charge on any atom is 0.303 e. The number of carbonyl (C=O) groups is 1. The quantitative estimate of drug-likeness (QED) is 0.275. The fraction of sp³-hybridized carbons (Fsp3) is 0.367. The zero-order valence-corrected chi connectivity index (χ0v) is 23.6. The van der Waals surface area contributed by atoms with Gasteiger partial charge in [-0.2, -0.15) is 0 Å². The maximum atomic E-state index is 11.4. The molecule has 202 valence electrons. The largest absolute Gasteiger partial charge is 0.492 e. The standard InChI is InChI=1S/C30H34ClNO5S/c1-19-16-27(37-14-5-15-38(3,35)36)30(31)20(2)29(19)24-7-4-6-22(18-24)26-12-10-23-17-21(9-13-28(33)34)8-11-25(23)32-26/h4,6-8,11,16-18,26,32H,5,9-10,12-15H2,1-3H3,(H,33,34). The Morgan fingerprint density at radius 2 is 1.95 bits per heavy atom. The van der Waals surface area contributed by atoms with Gasteiger partial charge in [-0.05, 0) is 96.7 Å². The van der Waals surface area contributed by atoms with Crippen LogP contribution >= 0.6 is 11.6 Å². The molecule has 0 amide bonds. The minimum absolute atomic E-state index is 0.0824. The average molecular weight is 556 g/mol. The second-order valence-electron chi connectivity index (χ2n) is 10.1. The Labute approximate surface area is 229 Å². The van der Waals surface area contributed by atoms with Crippen LogP contribution in [-0.2, 0) is 27.5 Å². The number of carboxylic acid groups (broad SMARTS) is 1. The molecule has 0 radical (unpaired) electrons. The number of ether oxygens (including phenoxy) is 1. The van der Waals surface area contributed by atoms with Gasteiger partial charge in [-0.25, -0.2) is 8.42 Å². The number of nitrogens with one attached hydrogen (secondary N) is 1. The maximum absolute atomic E-state index is 11.4. The minimum Gasteiger partial charge on any atom is -0.492 e. The van der Waals surface area contributed by atoms with E-state index in [9.17, 15) is 13.2 Å². The van der Waals surface area contributed by atoms with E-state index in [1.807, 2.05) is 26.0 Å². The summed E-state index contributed by atoms with van der Waals surface area (Å²) in [6.45, 7) is 4.31. The van der Waals surface area contributed by atoms with E-state index in [0.29, 0.717) is 23.6 Å². The molecule has 0 aromatic heterocycles. The van der Waals surface area contributed by atoms with Gasteiger partial charge in [0.05, 0.1) is 23.4 Å². The van der Waals surface area contributed by atoms with E-state index in [-0.39, 0.29) is 24.8 Å². The first-order valence-electron chi connectivity index (χ1n) is 12.8. The molecule has 3 aromatic rings. The van der Waals surface area contributed by atoms with Crippen molar-refractivity contribution in [3.05, 3.63) is 81.4 Å². The Kier molecular flexibility index (Phi) is 8.68. The van der Waals surface area contributed by atoms with E-state index < -0.39 is 15.8 Å². The van der Waals surface area contributed by atoms with Crippen LogP contribution in [0.1, 0.15) is 53.1 Å². The molecule has 0 spiro atoms. The van der Waals surface area contributed by atoms with Gasteiger partial charge in [0.2, 0.25) is 0 Å². The number of benzene rings is 3. The van der Waals surface area contributed by atoms with Gasteiger partial charge in [-0.3, -0.25) is 4.79 Å². The summed E-state index contributed by atoms with van der Waals surface area (Å²) in [5.41, 5.74) is 8.69. The summed E-state index contributed by atoms with van der Waals surface area (Å²) in [6, 6.07) is 16.8. The van der Waals surface area contributed by atoms with E-state index in [1.54, 1.807) is 0 Å². The Balaban J connectivity index is 1.51. The lowest BCUT2D eigenvalue weighted by Crippen LogP contribution is -2.18. The molecule has 2 N–H and O–H groups in total. The predicted molar refractivity (Wildman–Crippen MR) is 153 cm³/mol. The highest BCUT2D eigenvalue weighted by Crippen LogP contribution is 2.40. The molecular formula is C30H34ClNO5S. The van der Waals surface area contributed by atoms with Crippen molar-refractivity contribution in [1.82, 2.24) is 0 Å². The number of hydrogen-bond acceptors (Lipinski definition) is 5. The first kappa shape index (κ1) is 28.0. The molecule has 1 aliphatic heterocycles. The van der Waals surface area contributed by atoms with Crippen molar-refractivity contribution in [2.75, 3.05) is 23.9 Å². The summed E-state index contributed by atoms with van der Waals surface area (Å²) >= 11 is 6.70. The van der Waals surface area contributed by atoms with E-state index in [0.717, 1.165) is 46.3 Å². The molecule has 1 unspecified atom stereocenters. The molecule has 0 saturated heterocycles. The molecule has 1 atom stereocenters. The Morgan fingerprint density at radius 1 is 1.16 bits per heavy atom. The highest BCUT2D eigenvalue weighted by molar-refractivity contribution is 7.90. The molecule has 38 heavy (non-hydrogen) atoms. The highest BCUT2D eigenvalue weighted by Gasteiger charge is 2.21. The van der Waals surface area contributed by atoms with Crippen LogP contribution < -0.4 is 10.1 Å². The molecule has 0 fully saturated rings. The molecule has 3 aromatic carbocycles. The third kappa shape index (κ3) is 6.88. The lowest BCUT2D eigenvalue weighted by atomic mass is 9.89. The van der Waals surface area contributed by atoms with Crippen molar-refractivity contribution < 1.29 is 23.1 Å². The predicted octanol–water partition coefficient (Wildman–Crippen LogP) is 6.55. The van der Waals surface area contributed by atoms with Crippen LogP contribution in [0.4, 0.5) is 5.69 Å². The molecule has 8 heteroatoms. The van der Waals surface area contributed by atoms with Crippen molar-refractivity contribution >= 4 is 33.1 Å². The Bertz CT molecular complexity index is 1450. The second-order valence-corrected chi connectivity index (χ2v) is 12.7. The number of carboxylic acids is 1. The van der Waals surface area contributed by atoms with Crippen molar-refractivity contribution in [3.8, 4) is 16.9 Å². The summed E-state index contributed by atoms with van der Waals surface area (Å²) in [4.78, 5) is 10.9. The average Bonchev–Trinajstić information content (AvgIpc) is 2.87. The summed E-state index contributed by atoms with van der Waals surface area (Å²) < 4.78 is 28.6. The third-order valence-corrected chi connectivity index (χ3v) is 8.49. The fourth-order valence-electron chi connectivity index (χ4n) is 5.10. The van der Waals surface area contributed by atoms with Gasteiger partial charge in [0.25, 0.3) is 0 Å². The van der Waals surface area contributed by atoms with Crippen LogP contribution in [0, 0.1) is 13.8 Å². The summed E-state index contributed by atoms with van der Waals surface area (Å²) in [6.07, 6.45) is 4.18. The molecule has 4 rings (SSSR count). The molecule has 1 aliphatic rings. The normalized spacial score (nSPS) is 15.0. The Hall–Kier alpha value is -3.03. The minimum atomic E-state index is -3.02. The molecule has 0 bridgehead atoms. The number of halogens is 1. The second kappa shape index (κ2) is 11.8. The SMILES string of the molecule is Cc1cc(OCCCS(C)(=O)=O)c(Cl)c(C)c1-c1cccc(C2CCc3cc(CCC(=O)O)ccc3N2)c1. The monoisotopic (exact) mass is 555 g/mol. The lowest BCUT2D eigenvalue weighted by molar-refractivity contribution is -0.136. The third-order valence-electron chi connectivity index (χ3n) is 6.99. The van der Waals surface area contributed by atoms with Crippen LogP contribution in [0.3, 0.4) is 0 Å². The number of rotatable bonds is 10. The van der Waals surface area contributed by atoms with E-state index in [1.165, 1.54) is 17.4 Å². The van der Waals surface area contributed by atoms with Gasteiger partial charge in [0.1, 0.15) is 15.6 Å². The van der Waals surface area contributed by atoms with Crippen LogP contribution in [0.15, 0.2) is 48.5 Å². The zero-order valence-electron chi connectivity index (χ0n) is 22.0. The number of hydrogen-bond donors (Lipinski definition) is 2. The molecule has 0 saturated carbocycles. The summed E-state index contributed by atoms with van der Waals surface area (Å²) in [7, 11) is -3.02. The summed E-state index contributed by atoms with van der Waals surface area (Å²) in [5.74, 6) is -0.123. The first-order valence-corrected chi connectivity index (χ1v) is 15.3. The van der Waals surface area contributed by atoms with Crippen LogP contribution in [-0.4, -0.2) is 38.1 Å². The number of aryl methyl sites for hydroxylation is 3. The van der Waals surface area contributed by atoms with E-state index in [4.69, 9.17) is 21.4 Å². The molecule has 0 aliphatic carbocycles.